The molecule has 0 radical (unpaired) electrons. The quantitative estimate of drug-likeness (QED) is 0.723. The van der Waals surface area contributed by atoms with E-state index in [0.29, 0.717) is 46.2 Å². The summed E-state index contributed by atoms with van der Waals surface area (Å²) in [7, 11) is 0. The molecule has 7 nitrogen and oxygen atoms in total. The van der Waals surface area contributed by atoms with Crippen LogP contribution in [0.3, 0.4) is 0 Å². The highest BCUT2D eigenvalue weighted by molar-refractivity contribution is 6.42. The van der Waals surface area contributed by atoms with E-state index in [9.17, 15) is 4.79 Å². The van der Waals surface area contributed by atoms with Crippen molar-refractivity contribution in [3.8, 4) is 0 Å². The summed E-state index contributed by atoms with van der Waals surface area (Å²) in [6.45, 7) is 3.47. The second-order valence-electron chi connectivity index (χ2n) is 6.25. The highest BCUT2D eigenvalue weighted by atomic mass is 35.5. The van der Waals surface area contributed by atoms with Crippen LogP contribution in [-0.2, 0) is 9.53 Å². The first-order valence-electron chi connectivity index (χ1n) is 8.73. The van der Waals surface area contributed by atoms with E-state index in [1.165, 1.54) is 6.33 Å². The highest BCUT2D eigenvalue weighted by Crippen LogP contribution is 2.33. The predicted molar refractivity (Wildman–Crippen MR) is 108 cm³/mol. The molecule has 0 amide bonds. The lowest BCUT2D eigenvalue weighted by Gasteiger charge is -2.33. The number of carbonyl (C=O) groups is 1. The number of halogens is 2. The van der Waals surface area contributed by atoms with Crippen LogP contribution >= 0.6 is 23.2 Å². The lowest BCUT2D eigenvalue weighted by molar-refractivity contribution is -0.148. The first-order chi connectivity index (χ1) is 13.0. The fourth-order valence-electron chi connectivity index (χ4n) is 3.07. The number of aromatic nitrogens is 2. The molecule has 0 aliphatic carbocycles. The van der Waals surface area contributed by atoms with Gasteiger partial charge in [-0.1, -0.05) is 23.2 Å². The smallest absolute Gasteiger partial charge is 0.310 e. The van der Waals surface area contributed by atoms with Gasteiger partial charge in [0.1, 0.15) is 12.0 Å². The Balaban J connectivity index is 1.79. The average molecular weight is 410 g/mol. The van der Waals surface area contributed by atoms with Gasteiger partial charge in [0.15, 0.2) is 11.6 Å². The third-order valence-electron chi connectivity index (χ3n) is 4.39. The van der Waals surface area contributed by atoms with Gasteiger partial charge < -0.3 is 20.7 Å². The molecule has 1 aliphatic rings. The van der Waals surface area contributed by atoms with Crippen molar-refractivity contribution in [1.82, 2.24) is 9.97 Å². The van der Waals surface area contributed by atoms with Crippen molar-refractivity contribution in [2.75, 3.05) is 35.6 Å². The molecule has 1 aromatic heterocycles. The second-order valence-corrected chi connectivity index (χ2v) is 7.07. The lowest BCUT2D eigenvalue weighted by Crippen LogP contribution is -2.40. The molecular weight excluding hydrogens is 389 g/mol. The summed E-state index contributed by atoms with van der Waals surface area (Å²) in [6.07, 6.45) is 3.11. The fourth-order valence-corrected chi connectivity index (χ4v) is 3.37. The summed E-state index contributed by atoms with van der Waals surface area (Å²) < 4.78 is 5.15. The molecule has 1 aliphatic heterocycles. The number of nitrogen functional groups attached to an aromatic ring is 1. The van der Waals surface area contributed by atoms with Gasteiger partial charge >= 0.3 is 5.97 Å². The molecule has 144 valence electrons. The number of ether oxygens (including phenoxy) is 1. The number of hydrogen-bond acceptors (Lipinski definition) is 7. The molecule has 0 spiro atoms. The zero-order valence-corrected chi connectivity index (χ0v) is 16.4. The van der Waals surface area contributed by atoms with Crippen LogP contribution in [0.25, 0.3) is 0 Å². The van der Waals surface area contributed by atoms with Crippen LogP contribution in [0.15, 0.2) is 24.5 Å². The first-order valence-corrected chi connectivity index (χ1v) is 9.49. The third-order valence-corrected chi connectivity index (χ3v) is 5.13. The summed E-state index contributed by atoms with van der Waals surface area (Å²) in [5.41, 5.74) is 7.43. The van der Waals surface area contributed by atoms with Gasteiger partial charge in [-0.15, -0.1) is 0 Å². The maximum atomic E-state index is 12.1. The number of hydrogen-bond donors (Lipinski definition) is 2. The van der Waals surface area contributed by atoms with E-state index in [2.05, 4.69) is 15.3 Å². The van der Waals surface area contributed by atoms with Crippen molar-refractivity contribution in [1.29, 1.82) is 0 Å². The van der Waals surface area contributed by atoms with Crippen molar-refractivity contribution >= 4 is 52.2 Å². The minimum atomic E-state index is -0.181. The van der Waals surface area contributed by atoms with E-state index < -0.39 is 0 Å². The van der Waals surface area contributed by atoms with Crippen molar-refractivity contribution in [2.24, 2.45) is 5.92 Å². The molecule has 1 atom stereocenters. The zero-order valence-electron chi connectivity index (χ0n) is 14.9. The molecule has 0 bridgehead atoms. The van der Waals surface area contributed by atoms with Gasteiger partial charge in [-0.3, -0.25) is 4.79 Å². The number of rotatable bonds is 5. The molecule has 2 aromatic rings. The number of anilines is 4. The molecule has 1 saturated heterocycles. The Labute approximate surface area is 167 Å². The summed E-state index contributed by atoms with van der Waals surface area (Å²) in [5, 5.41) is 4.04. The summed E-state index contributed by atoms with van der Waals surface area (Å²) in [4.78, 5) is 22.6. The molecule has 3 N–H and O–H groups in total. The molecule has 1 fully saturated rings. The van der Waals surface area contributed by atoms with E-state index >= 15 is 0 Å². The standard InChI is InChI=1S/C18H21Cl2N5O2/c1-2-27-18(26)11-4-3-7-25(9-11)17-15(21)16(22-10-23-17)24-12-5-6-13(19)14(20)8-12/h5-6,8,10-11H,2-4,7,9,21H2,1H3,(H,22,23,24). The Morgan fingerprint density at radius 1 is 1.37 bits per heavy atom. The summed E-state index contributed by atoms with van der Waals surface area (Å²) >= 11 is 12.0. The monoisotopic (exact) mass is 409 g/mol. The van der Waals surface area contributed by atoms with E-state index in [4.69, 9.17) is 33.7 Å². The molecule has 0 saturated carbocycles. The van der Waals surface area contributed by atoms with Crippen molar-refractivity contribution in [2.45, 2.75) is 19.8 Å². The lowest BCUT2D eigenvalue weighted by atomic mass is 9.98. The highest BCUT2D eigenvalue weighted by Gasteiger charge is 2.29. The second kappa shape index (κ2) is 8.63. The normalized spacial score (nSPS) is 16.9. The Kier molecular flexibility index (Phi) is 6.23. The average Bonchev–Trinajstić information content (AvgIpc) is 2.67. The number of nitrogens with zero attached hydrogens (tertiary/aromatic N) is 3. The van der Waals surface area contributed by atoms with Gasteiger partial charge in [0.05, 0.1) is 22.6 Å². The minimum absolute atomic E-state index is 0.177. The van der Waals surface area contributed by atoms with E-state index in [1.807, 2.05) is 11.8 Å². The topological polar surface area (TPSA) is 93.4 Å². The van der Waals surface area contributed by atoms with Gasteiger partial charge in [-0.25, -0.2) is 9.97 Å². The van der Waals surface area contributed by atoms with Gasteiger partial charge in [0.2, 0.25) is 0 Å². The number of carbonyl (C=O) groups excluding carboxylic acids is 1. The minimum Gasteiger partial charge on any atom is -0.466 e. The first kappa shape index (κ1) is 19.5. The maximum Gasteiger partial charge on any atom is 0.310 e. The maximum absolute atomic E-state index is 12.1. The Morgan fingerprint density at radius 2 is 2.19 bits per heavy atom. The van der Waals surface area contributed by atoms with E-state index in [-0.39, 0.29) is 11.9 Å². The van der Waals surface area contributed by atoms with Gasteiger partial charge in [0, 0.05) is 18.8 Å². The molecule has 1 unspecified atom stereocenters. The molecule has 3 rings (SSSR count). The van der Waals surface area contributed by atoms with Crippen LogP contribution in [-0.4, -0.2) is 35.6 Å². The predicted octanol–water partition coefficient (Wildman–Crippen LogP) is 3.89. The molecular formula is C18H21Cl2N5O2. The molecule has 1 aromatic carbocycles. The van der Waals surface area contributed by atoms with Gasteiger partial charge in [-0.2, -0.15) is 0 Å². The van der Waals surface area contributed by atoms with Gasteiger partial charge in [-0.05, 0) is 38.0 Å². The number of nitrogens with one attached hydrogen (secondary N) is 1. The number of piperidine rings is 1. The Hall–Kier alpha value is -2.25. The van der Waals surface area contributed by atoms with Crippen LogP contribution in [0.4, 0.5) is 23.0 Å². The van der Waals surface area contributed by atoms with Crippen LogP contribution in [0.1, 0.15) is 19.8 Å². The number of nitrogens with two attached hydrogens (primary N) is 1. The van der Waals surface area contributed by atoms with Crippen molar-refractivity contribution < 1.29 is 9.53 Å². The zero-order chi connectivity index (χ0) is 19.4. The summed E-state index contributed by atoms with van der Waals surface area (Å²) in [6, 6.07) is 5.18. The molecule has 2 heterocycles. The van der Waals surface area contributed by atoms with E-state index in [1.54, 1.807) is 18.2 Å². The molecule has 9 heteroatoms. The van der Waals surface area contributed by atoms with Crippen LogP contribution < -0.4 is 16.0 Å². The van der Waals surface area contributed by atoms with Gasteiger partial charge in [0.25, 0.3) is 0 Å². The number of benzene rings is 1. The van der Waals surface area contributed by atoms with Crippen molar-refractivity contribution in [3.63, 3.8) is 0 Å². The Bertz CT molecular complexity index is 833. The van der Waals surface area contributed by atoms with Crippen LogP contribution in [0.5, 0.6) is 0 Å². The Morgan fingerprint density at radius 3 is 2.93 bits per heavy atom. The van der Waals surface area contributed by atoms with Crippen LogP contribution in [0, 0.1) is 5.92 Å². The van der Waals surface area contributed by atoms with E-state index in [0.717, 1.165) is 19.4 Å². The fraction of sp³-hybridized carbons (Fsp3) is 0.389. The van der Waals surface area contributed by atoms with Crippen LogP contribution in [0.2, 0.25) is 10.0 Å². The third kappa shape index (κ3) is 4.54. The summed E-state index contributed by atoms with van der Waals surface area (Å²) in [5.74, 6) is 0.710. The largest absolute Gasteiger partial charge is 0.466 e. The SMILES string of the molecule is CCOC(=O)C1CCCN(c2ncnc(Nc3ccc(Cl)c(Cl)c3)c2N)C1. The number of esters is 1. The molecule has 27 heavy (non-hydrogen) atoms. The van der Waals surface area contributed by atoms with Crippen molar-refractivity contribution in [3.05, 3.63) is 34.6 Å².